The van der Waals surface area contributed by atoms with Crippen LogP contribution in [0.15, 0.2) is 0 Å². The Labute approximate surface area is 204 Å². The van der Waals surface area contributed by atoms with Crippen molar-refractivity contribution >= 4 is 31.6 Å². The summed E-state index contributed by atoms with van der Waals surface area (Å²) in [5.41, 5.74) is 0. The average Bonchev–Trinajstić information content (AvgIpc) is 2.72. The molecular weight excluding hydrogens is 651 g/mol. The first kappa shape index (κ1) is 30.4. The summed E-state index contributed by atoms with van der Waals surface area (Å²) in [6.07, 6.45) is -2.79. The molecule has 0 radical (unpaired) electrons. The molecule has 0 aliphatic rings. The van der Waals surface area contributed by atoms with Gasteiger partial charge in [-0.25, -0.2) is 4.57 Å². The molecule has 0 saturated heterocycles. The van der Waals surface area contributed by atoms with E-state index >= 15 is 0 Å². The molecular formula is C16H30N3O10PRa. The van der Waals surface area contributed by atoms with Crippen LogP contribution in [0.2, 0.25) is 1.96 Å². The third-order valence-corrected chi connectivity index (χ3v) is 8.10. The van der Waals surface area contributed by atoms with Crippen LogP contribution in [0.5, 0.6) is 0 Å². The van der Waals surface area contributed by atoms with Crippen LogP contribution in [0.1, 0.15) is 26.7 Å². The van der Waals surface area contributed by atoms with E-state index < -0.39 is 84.8 Å². The zero-order valence-corrected chi connectivity index (χ0v) is 24.9. The number of esters is 2. The second kappa shape index (κ2) is 17.0. The summed E-state index contributed by atoms with van der Waals surface area (Å²) in [5, 5.41) is 4.98. The summed E-state index contributed by atoms with van der Waals surface area (Å²) in [7, 11) is -3.13. The molecule has 0 aliphatic heterocycles. The quantitative estimate of drug-likeness (QED) is 0.0917. The molecule has 0 spiro atoms. The molecule has 0 aromatic heterocycles. The maximum absolute atomic E-state index is 11.8. The Morgan fingerprint density at radius 3 is 1.87 bits per heavy atom. The number of hydrogen-bond acceptors (Lipinski definition) is 10. The number of phosphoric acid groups is 1. The van der Waals surface area contributed by atoms with Crippen LogP contribution in [0.4, 0.5) is 0 Å². The number of amides is 2. The van der Waals surface area contributed by atoms with Crippen molar-refractivity contribution in [2.75, 3.05) is 33.4 Å². The van der Waals surface area contributed by atoms with Gasteiger partial charge in [-0.2, -0.15) is 0 Å². The molecule has 0 rings (SSSR count). The van der Waals surface area contributed by atoms with Gasteiger partial charge in [-0.05, 0) is 6.92 Å². The van der Waals surface area contributed by atoms with Crippen LogP contribution in [0.25, 0.3) is 0 Å². The van der Waals surface area contributed by atoms with Crippen LogP contribution in [-0.2, 0) is 42.3 Å². The first-order valence-corrected chi connectivity index (χ1v) is 19.9. The Morgan fingerprint density at radius 2 is 1.42 bits per heavy atom. The molecule has 0 aromatic rings. The molecule has 0 heterocycles. The van der Waals surface area contributed by atoms with Crippen molar-refractivity contribution in [2.45, 2.75) is 40.9 Å². The van der Waals surface area contributed by atoms with Gasteiger partial charge in [-0.15, -0.1) is 0 Å². The number of carbonyl (C=O) groups excluding carboxylic acids is 4. The van der Waals surface area contributed by atoms with Gasteiger partial charge in [0.25, 0.3) is 5.91 Å². The third-order valence-electron chi connectivity index (χ3n) is 3.63. The molecule has 2 amide bonds. The van der Waals surface area contributed by atoms with Crippen molar-refractivity contribution in [1.29, 1.82) is 0 Å². The summed E-state index contributed by atoms with van der Waals surface area (Å²) in [5.74, 6) is -2.63. The van der Waals surface area contributed by atoms with Crippen LogP contribution >= 0.6 is 7.82 Å². The van der Waals surface area contributed by atoms with E-state index in [0.29, 0.717) is 13.1 Å². The molecule has 0 aromatic carbocycles. The standard InChI is InChI=1S/C15H27N3O10P.CH3.Ra/c1-10(14(21)17-7-6-16)27-12(19)4-5-13(20)28-11(2)15(22)18-8-9-26-29(23,24)25-3;;/h10-11,16H,4-9H2,1-3H3,(H,17,21)(H,18,22)(H,23,24);1H3;/q-1;;+1/t10-,11+;;/m1../s1. The first-order valence-electron chi connectivity index (χ1n) is 9.70. The summed E-state index contributed by atoms with van der Waals surface area (Å²) < 4.78 is 35.1. The van der Waals surface area contributed by atoms with Crippen molar-refractivity contribution < 1.29 is 88.2 Å². The van der Waals surface area contributed by atoms with E-state index in [1.807, 2.05) is 0 Å². The van der Waals surface area contributed by atoms with Gasteiger partial charge in [0.1, 0.15) is 0 Å². The fourth-order valence-corrected chi connectivity index (χ4v) is 4.56. The first-order chi connectivity index (χ1) is 14.5. The van der Waals surface area contributed by atoms with Crippen molar-refractivity contribution in [3.8, 4) is 0 Å². The monoisotopic (exact) mass is 681 g/mol. The minimum atomic E-state index is -4.13. The zero-order chi connectivity index (χ0) is 23.9. The Bertz CT molecular complexity index is 651. The van der Waals surface area contributed by atoms with E-state index in [9.17, 15) is 23.7 Å². The van der Waals surface area contributed by atoms with Crippen molar-refractivity contribution in [3.05, 3.63) is 0 Å². The van der Waals surface area contributed by atoms with Gasteiger partial charge in [-0.3, -0.25) is 13.8 Å². The molecule has 0 fully saturated rings. The number of phosphoric ester groups is 1. The van der Waals surface area contributed by atoms with Crippen molar-refractivity contribution in [3.63, 3.8) is 0 Å². The van der Waals surface area contributed by atoms with Gasteiger partial charge >= 0.3 is 138 Å². The van der Waals surface area contributed by atoms with Gasteiger partial charge in [0.2, 0.25) is 0 Å². The minimum absolute atomic E-state index is 0.112. The second-order valence-electron chi connectivity index (χ2n) is 6.18. The Kier molecular flexibility index (Phi) is 16.6. The van der Waals surface area contributed by atoms with Crippen LogP contribution < -0.4 is 11.5 Å². The van der Waals surface area contributed by atoms with E-state index in [4.69, 9.17) is 14.4 Å². The summed E-state index contributed by atoms with van der Waals surface area (Å²) in [6, 6.07) is 0. The molecule has 3 atom stereocenters. The van der Waals surface area contributed by atoms with E-state index in [-0.39, 0.29) is 26.0 Å². The molecule has 0 saturated carbocycles. The van der Waals surface area contributed by atoms with Gasteiger partial charge in [0.15, 0.2) is 6.10 Å². The number of hydrogen-bond donors (Lipinski definition) is 4. The van der Waals surface area contributed by atoms with Gasteiger partial charge in [0, 0.05) is 13.7 Å². The van der Waals surface area contributed by atoms with E-state index in [1.54, 1.807) is 0 Å². The summed E-state index contributed by atoms with van der Waals surface area (Å²) in [4.78, 5) is 56.2. The van der Waals surface area contributed by atoms with Crippen LogP contribution in [0.3, 0.4) is 0 Å². The fourth-order valence-electron chi connectivity index (χ4n) is 1.95. The number of nitrogens with one attached hydrogen (secondary N) is 3. The van der Waals surface area contributed by atoms with Crippen molar-refractivity contribution in [1.82, 2.24) is 11.5 Å². The Morgan fingerprint density at radius 1 is 0.935 bits per heavy atom. The molecule has 0 bridgehead atoms. The predicted molar refractivity (Wildman–Crippen MR) is 103 cm³/mol. The van der Waals surface area contributed by atoms with Gasteiger partial charge < -0.3 is 10.2 Å². The van der Waals surface area contributed by atoms with E-state index in [0.717, 1.165) is 7.11 Å². The van der Waals surface area contributed by atoms with E-state index in [2.05, 4.69) is 22.5 Å². The van der Waals surface area contributed by atoms with E-state index in [1.165, 1.54) is 13.8 Å². The SMILES string of the molecule is COP(=O)(O)OCCNC(=O)[C@H](C)OC(=O)CCC(=O)O[C@H](C)C(=O)NCC[NH][Ra][CH3]. The molecule has 13 nitrogen and oxygen atoms in total. The number of rotatable bonds is 16. The number of carbonyl (C=O) groups is 4. The average molecular weight is 681 g/mol. The fraction of sp³-hybridized carbons (Fsp3) is 0.750. The van der Waals surface area contributed by atoms with Crippen molar-refractivity contribution in [2.24, 2.45) is 0 Å². The Balaban J connectivity index is 4.09. The molecule has 15 heteroatoms. The van der Waals surface area contributed by atoms with Crippen LogP contribution in [-0.4, -0.2) is 74.2 Å². The molecule has 31 heavy (non-hydrogen) atoms. The molecule has 4 N–H and O–H groups in total. The zero-order valence-electron chi connectivity index (χ0n) is 18.2. The topological polar surface area (TPSA) is 179 Å². The third kappa shape index (κ3) is 15.8. The molecule has 0 aliphatic carbocycles. The van der Waals surface area contributed by atoms with Gasteiger partial charge in [-0.1, -0.05) is 0 Å². The Hall–Kier alpha value is -0.582. The predicted octanol–water partition coefficient (Wildman–Crippen LogP) is -0.736. The summed E-state index contributed by atoms with van der Waals surface area (Å²) >= 11 is -0.989. The van der Waals surface area contributed by atoms with Crippen LogP contribution in [0, 0.1) is 41.0 Å². The summed E-state index contributed by atoms with van der Waals surface area (Å²) in [6.45, 7) is 3.48. The normalized spacial score (nSPS) is 14.4. The molecule has 176 valence electrons. The molecule has 1 unspecified atom stereocenters. The van der Waals surface area contributed by atoms with Gasteiger partial charge in [0.05, 0.1) is 6.61 Å². The second-order valence-corrected chi connectivity index (χ2v) is 12.7. The maximum atomic E-state index is 11.8. The number of ether oxygens (including phenoxy) is 2.